The van der Waals surface area contributed by atoms with Crippen LogP contribution in [-0.4, -0.2) is 16.7 Å². The molecule has 0 aliphatic heterocycles. The molecule has 1 amide bonds. The number of halogens is 5. The lowest BCUT2D eigenvalue weighted by atomic mass is 10.0. The Morgan fingerprint density at radius 2 is 1.75 bits per heavy atom. The van der Waals surface area contributed by atoms with Crippen molar-refractivity contribution in [1.29, 1.82) is 0 Å². The highest BCUT2D eigenvalue weighted by atomic mass is 127. The van der Waals surface area contributed by atoms with E-state index in [0.29, 0.717) is 6.07 Å². The second-order valence-corrected chi connectivity index (χ2v) is 6.13. The fourth-order valence-electron chi connectivity index (χ4n) is 1.68. The van der Waals surface area contributed by atoms with Gasteiger partial charge in [0, 0.05) is 5.54 Å². The molecular weight excluding hydrogens is 393 g/mol. The molecule has 3 nitrogen and oxygen atoms in total. The highest BCUT2D eigenvalue weighted by Gasteiger charge is 2.37. The number of amides is 1. The van der Waals surface area contributed by atoms with Gasteiger partial charge in [0.15, 0.2) is 5.82 Å². The average molecular weight is 405 g/mol. The number of anilines is 1. The lowest BCUT2D eigenvalue weighted by molar-refractivity contribution is -0.140. The lowest BCUT2D eigenvalue weighted by Gasteiger charge is -2.34. The molecule has 0 spiro atoms. The van der Waals surface area contributed by atoms with Crippen molar-refractivity contribution in [1.82, 2.24) is 0 Å². The molecule has 0 saturated heterocycles. The van der Waals surface area contributed by atoms with Gasteiger partial charge in [-0.15, -0.1) is 0 Å². The Kier molecular flexibility index (Phi) is 4.57. The van der Waals surface area contributed by atoms with Crippen LogP contribution < -0.4 is 4.90 Å². The normalized spacial score (nSPS) is 12.4. The van der Waals surface area contributed by atoms with Crippen molar-refractivity contribution in [3.05, 3.63) is 27.1 Å². The number of carbonyl (C=O) groups is 1. The zero-order chi connectivity index (χ0) is 15.9. The molecule has 0 unspecified atom stereocenters. The SMILES string of the molecule is CC(C)(C)N(C(=O)O)c1ccc(C(F)(F)F)c(F)c1I. The quantitative estimate of drug-likeness (QED) is 0.542. The number of hydrogen-bond donors (Lipinski definition) is 1. The van der Waals surface area contributed by atoms with E-state index in [1.165, 1.54) is 22.6 Å². The fourth-order valence-corrected chi connectivity index (χ4v) is 2.39. The van der Waals surface area contributed by atoms with Crippen LogP contribution in [0.25, 0.3) is 0 Å². The second-order valence-electron chi connectivity index (χ2n) is 5.05. The van der Waals surface area contributed by atoms with E-state index in [9.17, 15) is 27.5 Å². The zero-order valence-corrected chi connectivity index (χ0v) is 13.0. The smallest absolute Gasteiger partial charge is 0.419 e. The van der Waals surface area contributed by atoms with Gasteiger partial charge in [0.05, 0.1) is 14.8 Å². The van der Waals surface area contributed by atoms with Gasteiger partial charge in [0.25, 0.3) is 0 Å². The molecule has 112 valence electrons. The molecular formula is C12H12F4INO2. The molecule has 1 aromatic rings. The maximum atomic E-state index is 13.8. The summed E-state index contributed by atoms with van der Waals surface area (Å²) in [6.07, 6.45) is -6.19. The number of rotatable bonds is 1. The van der Waals surface area contributed by atoms with Crippen molar-refractivity contribution in [3.63, 3.8) is 0 Å². The van der Waals surface area contributed by atoms with E-state index in [0.717, 1.165) is 11.0 Å². The van der Waals surface area contributed by atoms with Gasteiger partial charge in [0.2, 0.25) is 0 Å². The molecule has 0 aliphatic rings. The number of carboxylic acid groups (broad SMARTS) is 1. The average Bonchev–Trinajstić information content (AvgIpc) is 2.20. The molecule has 0 heterocycles. The predicted molar refractivity (Wildman–Crippen MR) is 74.4 cm³/mol. The van der Waals surface area contributed by atoms with E-state index in [-0.39, 0.29) is 9.26 Å². The molecule has 1 N–H and O–H groups in total. The van der Waals surface area contributed by atoms with Crippen molar-refractivity contribution in [3.8, 4) is 0 Å². The number of nitrogens with zero attached hydrogens (tertiary/aromatic N) is 1. The number of benzene rings is 1. The number of alkyl halides is 3. The molecule has 8 heteroatoms. The summed E-state index contributed by atoms with van der Waals surface area (Å²) in [5, 5.41) is 9.18. The largest absolute Gasteiger partial charge is 0.465 e. The number of hydrogen-bond acceptors (Lipinski definition) is 1. The zero-order valence-electron chi connectivity index (χ0n) is 10.8. The van der Waals surface area contributed by atoms with E-state index in [1.54, 1.807) is 20.8 Å². The van der Waals surface area contributed by atoms with E-state index < -0.39 is 29.2 Å². The Labute approximate surface area is 126 Å². The Morgan fingerprint density at radius 3 is 2.10 bits per heavy atom. The van der Waals surface area contributed by atoms with Gasteiger partial charge in [-0.3, -0.25) is 4.90 Å². The van der Waals surface area contributed by atoms with Crippen LogP contribution in [0.3, 0.4) is 0 Å². The first-order valence-corrected chi connectivity index (χ1v) is 6.53. The first kappa shape index (κ1) is 17.0. The summed E-state index contributed by atoms with van der Waals surface area (Å²) in [4.78, 5) is 12.1. The van der Waals surface area contributed by atoms with Crippen LogP contribution in [0.4, 0.5) is 28.0 Å². The van der Waals surface area contributed by atoms with E-state index in [1.807, 2.05) is 0 Å². The van der Waals surface area contributed by atoms with Crippen molar-refractivity contribution < 1.29 is 27.5 Å². The minimum absolute atomic E-state index is 0.115. The molecule has 0 radical (unpaired) electrons. The molecule has 1 aromatic carbocycles. The Bertz CT molecular complexity index is 537. The molecule has 0 aliphatic carbocycles. The summed E-state index contributed by atoms with van der Waals surface area (Å²) in [5.41, 5.74) is -2.45. The molecule has 20 heavy (non-hydrogen) atoms. The Hall–Kier alpha value is -1.06. The van der Waals surface area contributed by atoms with Crippen LogP contribution in [0.15, 0.2) is 12.1 Å². The highest BCUT2D eigenvalue weighted by molar-refractivity contribution is 14.1. The Balaban J connectivity index is 3.49. The third kappa shape index (κ3) is 3.33. The fraction of sp³-hybridized carbons (Fsp3) is 0.417. The standard InChI is InChI=1S/C12H12F4INO2/c1-11(2,3)18(10(19)20)7-5-4-6(12(14,15)16)8(13)9(7)17/h4-5H,1-3H3,(H,19,20). The van der Waals surface area contributed by atoms with Crippen molar-refractivity contribution in [2.75, 3.05) is 4.90 Å². The lowest BCUT2D eigenvalue weighted by Crippen LogP contribution is -2.45. The van der Waals surface area contributed by atoms with E-state index in [4.69, 9.17) is 0 Å². The van der Waals surface area contributed by atoms with Crippen LogP contribution in [0.5, 0.6) is 0 Å². The molecule has 1 rings (SSSR count). The van der Waals surface area contributed by atoms with Crippen LogP contribution in [0.2, 0.25) is 0 Å². The van der Waals surface area contributed by atoms with Gasteiger partial charge in [-0.25, -0.2) is 9.18 Å². The van der Waals surface area contributed by atoms with Crippen LogP contribution >= 0.6 is 22.6 Å². The summed E-state index contributed by atoms with van der Waals surface area (Å²) in [7, 11) is 0. The summed E-state index contributed by atoms with van der Waals surface area (Å²) in [6, 6.07) is 1.52. The third-order valence-electron chi connectivity index (χ3n) is 2.47. The van der Waals surface area contributed by atoms with Crippen molar-refractivity contribution in [2.24, 2.45) is 0 Å². The van der Waals surface area contributed by atoms with Gasteiger partial charge in [-0.1, -0.05) is 0 Å². The van der Waals surface area contributed by atoms with Crippen LogP contribution in [-0.2, 0) is 6.18 Å². The van der Waals surface area contributed by atoms with E-state index in [2.05, 4.69) is 0 Å². The summed E-state index contributed by atoms with van der Waals surface area (Å²) in [6.45, 7) is 4.69. The Morgan fingerprint density at radius 1 is 1.25 bits per heavy atom. The summed E-state index contributed by atoms with van der Waals surface area (Å²) >= 11 is 1.38. The molecule has 0 saturated carbocycles. The monoisotopic (exact) mass is 405 g/mol. The third-order valence-corrected chi connectivity index (χ3v) is 3.50. The minimum atomic E-state index is -4.82. The molecule has 0 atom stereocenters. The van der Waals surface area contributed by atoms with Gasteiger partial charge < -0.3 is 5.11 Å². The summed E-state index contributed by atoms with van der Waals surface area (Å²) in [5.74, 6) is -1.47. The predicted octanol–water partition coefficient (Wildman–Crippen LogP) is 4.73. The van der Waals surface area contributed by atoms with Gasteiger partial charge in [-0.05, 0) is 55.5 Å². The maximum absolute atomic E-state index is 13.8. The minimum Gasteiger partial charge on any atom is -0.465 e. The molecule has 0 aromatic heterocycles. The van der Waals surface area contributed by atoms with Gasteiger partial charge >= 0.3 is 12.3 Å². The van der Waals surface area contributed by atoms with Crippen LogP contribution in [0.1, 0.15) is 26.3 Å². The second kappa shape index (κ2) is 5.38. The van der Waals surface area contributed by atoms with Gasteiger partial charge in [0.1, 0.15) is 0 Å². The molecule has 0 fully saturated rings. The van der Waals surface area contributed by atoms with Crippen molar-refractivity contribution in [2.45, 2.75) is 32.5 Å². The van der Waals surface area contributed by atoms with Crippen molar-refractivity contribution >= 4 is 34.4 Å². The maximum Gasteiger partial charge on any atom is 0.419 e. The highest BCUT2D eigenvalue weighted by Crippen LogP contribution is 2.38. The van der Waals surface area contributed by atoms with E-state index >= 15 is 0 Å². The first-order valence-electron chi connectivity index (χ1n) is 5.45. The van der Waals surface area contributed by atoms with Gasteiger partial charge in [-0.2, -0.15) is 13.2 Å². The van der Waals surface area contributed by atoms with Crippen LogP contribution in [0, 0.1) is 9.39 Å². The summed E-state index contributed by atoms with van der Waals surface area (Å²) < 4.78 is 51.2. The first-order chi connectivity index (χ1) is 8.87. The topological polar surface area (TPSA) is 40.5 Å². The molecule has 0 bridgehead atoms.